The van der Waals surface area contributed by atoms with Gasteiger partial charge in [0.05, 0.1) is 10.6 Å². The molecule has 0 aliphatic heterocycles. The standard InChI is InChI=1S/C11H16N4O5S/c1-2-13-11(16)5-6-14-21(19,20)10-7-8(15(17)18)3-4-9(10)12/h3-4,7,14H,2,5-6,12H2,1H3,(H,13,16). The number of hydrogen-bond donors (Lipinski definition) is 3. The van der Waals surface area contributed by atoms with Crippen LogP contribution in [0.15, 0.2) is 23.1 Å². The van der Waals surface area contributed by atoms with Gasteiger partial charge in [0, 0.05) is 31.6 Å². The number of rotatable bonds is 7. The number of nitrogens with two attached hydrogens (primary N) is 1. The molecule has 0 aliphatic rings. The minimum atomic E-state index is -4.02. The number of anilines is 1. The van der Waals surface area contributed by atoms with Crippen LogP contribution in [-0.2, 0) is 14.8 Å². The van der Waals surface area contributed by atoms with E-state index in [2.05, 4.69) is 10.0 Å². The van der Waals surface area contributed by atoms with Gasteiger partial charge in [-0.05, 0) is 13.0 Å². The van der Waals surface area contributed by atoms with Gasteiger partial charge in [-0.1, -0.05) is 0 Å². The second kappa shape index (κ2) is 6.99. The molecule has 1 amide bonds. The molecule has 1 aromatic rings. The molecule has 21 heavy (non-hydrogen) atoms. The molecule has 116 valence electrons. The summed E-state index contributed by atoms with van der Waals surface area (Å²) in [6.07, 6.45) is -0.0398. The number of amides is 1. The van der Waals surface area contributed by atoms with Gasteiger partial charge in [-0.15, -0.1) is 0 Å². The second-order valence-corrected chi connectivity index (χ2v) is 5.82. The lowest BCUT2D eigenvalue weighted by Gasteiger charge is -2.09. The molecule has 4 N–H and O–H groups in total. The Balaban J connectivity index is 2.85. The van der Waals surface area contributed by atoms with Gasteiger partial charge < -0.3 is 11.1 Å². The molecule has 1 aromatic carbocycles. The first kappa shape index (κ1) is 16.9. The first-order chi connectivity index (χ1) is 9.77. The fraction of sp³-hybridized carbons (Fsp3) is 0.364. The van der Waals surface area contributed by atoms with Crippen LogP contribution >= 0.6 is 0 Å². The Kier molecular flexibility index (Phi) is 5.61. The monoisotopic (exact) mass is 316 g/mol. The molecule has 1 rings (SSSR count). The van der Waals surface area contributed by atoms with Crippen molar-refractivity contribution in [1.29, 1.82) is 0 Å². The molecular formula is C11H16N4O5S. The van der Waals surface area contributed by atoms with Crippen molar-refractivity contribution in [2.24, 2.45) is 0 Å². The average molecular weight is 316 g/mol. The lowest BCUT2D eigenvalue weighted by molar-refractivity contribution is -0.385. The lowest BCUT2D eigenvalue weighted by Crippen LogP contribution is -2.31. The van der Waals surface area contributed by atoms with Crippen molar-refractivity contribution in [3.05, 3.63) is 28.3 Å². The molecule has 0 unspecified atom stereocenters. The predicted octanol–water partition coefficient (Wildman–Crippen LogP) is -0.0185. The number of non-ortho nitro benzene ring substituents is 1. The van der Waals surface area contributed by atoms with Crippen molar-refractivity contribution in [3.63, 3.8) is 0 Å². The summed E-state index contributed by atoms with van der Waals surface area (Å²) in [6, 6.07) is 3.14. The number of carbonyl (C=O) groups excluding carboxylic acids is 1. The molecule has 9 nitrogen and oxygen atoms in total. The predicted molar refractivity (Wildman–Crippen MR) is 76.0 cm³/mol. The highest BCUT2D eigenvalue weighted by atomic mass is 32.2. The third-order valence-corrected chi connectivity index (χ3v) is 4.03. The van der Waals surface area contributed by atoms with Crippen LogP contribution in [0.25, 0.3) is 0 Å². The van der Waals surface area contributed by atoms with Gasteiger partial charge >= 0.3 is 0 Å². The van der Waals surface area contributed by atoms with Crippen molar-refractivity contribution < 1.29 is 18.1 Å². The number of nitro groups is 1. The average Bonchev–Trinajstić information content (AvgIpc) is 2.38. The van der Waals surface area contributed by atoms with E-state index in [1.54, 1.807) is 6.92 Å². The van der Waals surface area contributed by atoms with Crippen molar-refractivity contribution in [2.75, 3.05) is 18.8 Å². The molecule has 10 heteroatoms. The maximum absolute atomic E-state index is 12.0. The summed E-state index contributed by atoms with van der Waals surface area (Å²) in [5, 5.41) is 13.2. The Labute approximate surface area is 121 Å². The fourth-order valence-electron chi connectivity index (χ4n) is 1.53. The van der Waals surface area contributed by atoms with E-state index in [-0.39, 0.29) is 35.1 Å². The number of carbonyl (C=O) groups is 1. The van der Waals surface area contributed by atoms with E-state index in [1.807, 2.05) is 0 Å². The molecule has 0 saturated heterocycles. The smallest absolute Gasteiger partial charge is 0.270 e. The summed E-state index contributed by atoms with van der Waals surface area (Å²) < 4.78 is 26.2. The van der Waals surface area contributed by atoms with E-state index in [0.717, 1.165) is 18.2 Å². The van der Waals surface area contributed by atoms with Crippen molar-refractivity contribution in [3.8, 4) is 0 Å². The fourth-order valence-corrected chi connectivity index (χ4v) is 2.71. The van der Waals surface area contributed by atoms with E-state index in [9.17, 15) is 23.3 Å². The molecule has 0 radical (unpaired) electrons. The van der Waals surface area contributed by atoms with Gasteiger partial charge in [0.15, 0.2) is 0 Å². The van der Waals surface area contributed by atoms with Crippen LogP contribution in [0.2, 0.25) is 0 Å². The Bertz CT molecular complexity index is 644. The molecule has 0 atom stereocenters. The van der Waals surface area contributed by atoms with E-state index in [1.165, 1.54) is 0 Å². The summed E-state index contributed by atoms with van der Waals surface area (Å²) in [5.41, 5.74) is 5.05. The molecule has 0 fully saturated rings. The lowest BCUT2D eigenvalue weighted by atomic mass is 10.3. The largest absolute Gasteiger partial charge is 0.398 e. The number of nitrogen functional groups attached to an aromatic ring is 1. The Morgan fingerprint density at radius 1 is 1.43 bits per heavy atom. The molecule has 0 aromatic heterocycles. The maximum atomic E-state index is 12.0. The summed E-state index contributed by atoms with van der Waals surface area (Å²) >= 11 is 0. The van der Waals surface area contributed by atoms with E-state index < -0.39 is 14.9 Å². The quantitative estimate of drug-likeness (QED) is 0.366. The molecule has 0 heterocycles. The van der Waals surface area contributed by atoms with Gasteiger partial charge in [-0.2, -0.15) is 0 Å². The third kappa shape index (κ3) is 4.68. The maximum Gasteiger partial charge on any atom is 0.270 e. The van der Waals surface area contributed by atoms with Gasteiger partial charge in [0.2, 0.25) is 15.9 Å². The minimum absolute atomic E-state index is 0.0398. The van der Waals surface area contributed by atoms with Crippen LogP contribution < -0.4 is 15.8 Å². The van der Waals surface area contributed by atoms with Gasteiger partial charge in [0.25, 0.3) is 5.69 Å². The van der Waals surface area contributed by atoms with Crippen LogP contribution in [0.5, 0.6) is 0 Å². The van der Waals surface area contributed by atoms with Crippen molar-refractivity contribution >= 4 is 27.3 Å². The van der Waals surface area contributed by atoms with E-state index in [0.29, 0.717) is 6.54 Å². The second-order valence-electron chi connectivity index (χ2n) is 4.08. The topological polar surface area (TPSA) is 144 Å². The SMILES string of the molecule is CCNC(=O)CCNS(=O)(=O)c1cc([N+](=O)[O-])ccc1N. The zero-order valence-corrected chi connectivity index (χ0v) is 12.1. The summed E-state index contributed by atoms with van der Waals surface area (Å²) in [5.74, 6) is -0.299. The Morgan fingerprint density at radius 3 is 2.67 bits per heavy atom. The number of benzene rings is 1. The van der Waals surface area contributed by atoms with Crippen LogP contribution in [0.3, 0.4) is 0 Å². The highest BCUT2D eigenvalue weighted by Gasteiger charge is 2.21. The Morgan fingerprint density at radius 2 is 2.10 bits per heavy atom. The highest BCUT2D eigenvalue weighted by molar-refractivity contribution is 7.89. The van der Waals surface area contributed by atoms with Gasteiger partial charge in [0.1, 0.15) is 4.90 Å². The van der Waals surface area contributed by atoms with Gasteiger partial charge in [-0.25, -0.2) is 13.1 Å². The first-order valence-electron chi connectivity index (χ1n) is 6.08. The number of nitrogens with one attached hydrogen (secondary N) is 2. The van der Waals surface area contributed by atoms with Crippen LogP contribution in [0.1, 0.15) is 13.3 Å². The zero-order valence-electron chi connectivity index (χ0n) is 11.3. The zero-order chi connectivity index (χ0) is 16.0. The van der Waals surface area contributed by atoms with E-state index >= 15 is 0 Å². The number of hydrogen-bond acceptors (Lipinski definition) is 6. The van der Waals surface area contributed by atoms with Gasteiger partial charge in [-0.3, -0.25) is 14.9 Å². The van der Waals surface area contributed by atoms with Crippen LogP contribution in [0, 0.1) is 10.1 Å². The van der Waals surface area contributed by atoms with Crippen molar-refractivity contribution in [1.82, 2.24) is 10.0 Å². The first-order valence-corrected chi connectivity index (χ1v) is 7.56. The summed E-state index contributed by atoms with van der Waals surface area (Å²) in [7, 11) is -4.02. The van der Waals surface area contributed by atoms with Crippen LogP contribution in [-0.4, -0.2) is 32.3 Å². The molecular weight excluding hydrogens is 300 g/mol. The van der Waals surface area contributed by atoms with E-state index in [4.69, 9.17) is 5.73 Å². The molecule has 0 spiro atoms. The third-order valence-electron chi connectivity index (χ3n) is 2.52. The highest BCUT2D eigenvalue weighted by Crippen LogP contribution is 2.23. The normalized spacial score (nSPS) is 11.1. The number of nitrogens with zero attached hydrogens (tertiary/aromatic N) is 1. The molecule has 0 bridgehead atoms. The minimum Gasteiger partial charge on any atom is -0.398 e. The number of nitro benzene ring substituents is 1. The molecule has 0 aliphatic carbocycles. The summed E-state index contributed by atoms with van der Waals surface area (Å²) in [4.78, 5) is 20.8. The molecule has 0 saturated carbocycles. The van der Waals surface area contributed by atoms with Crippen molar-refractivity contribution in [2.45, 2.75) is 18.2 Å². The Hall–Kier alpha value is -2.20. The number of sulfonamides is 1. The summed E-state index contributed by atoms with van der Waals surface area (Å²) in [6.45, 7) is 2.06. The van der Waals surface area contributed by atoms with Crippen LogP contribution in [0.4, 0.5) is 11.4 Å².